The van der Waals surface area contributed by atoms with Crippen LogP contribution in [0.4, 0.5) is 0 Å². The van der Waals surface area contributed by atoms with Crippen molar-refractivity contribution in [1.29, 1.82) is 0 Å². The van der Waals surface area contributed by atoms with E-state index < -0.39 is 0 Å². The predicted octanol–water partition coefficient (Wildman–Crippen LogP) is 1.67. The summed E-state index contributed by atoms with van der Waals surface area (Å²) >= 11 is 0. The Morgan fingerprint density at radius 3 is 2.44 bits per heavy atom. The molecule has 0 unspecified atom stereocenters. The molecule has 2 aromatic rings. The summed E-state index contributed by atoms with van der Waals surface area (Å²) in [5.41, 5.74) is 1.12. The highest BCUT2D eigenvalue weighted by molar-refractivity contribution is 5.81. The Kier molecular flexibility index (Phi) is 5.18. The van der Waals surface area contributed by atoms with Crippen molar-refractivity contribution in [3.63, 3.8) is 0 Å². The Balaban J connectivity index is 1.22. The summed E-state index contributed by atoms with van der Waals surface area (Å²) in [4.78, 5) is 32.6. The lowest BCUT2D eigenvalue weighted by Crippen LogP contribution is -2.51. The third-order valence-corrected chi connectivity index (χ3v) is 5.14. The van der Waals surface area contributed by atoms with Crippen LogP contribution in [-0.4, -0.2) is 57.9 Å². The van der Waals surface area contributed by atoms with Crippen LogP contribution < -0.4 is 0 Å². The van der Waals surface area contributed by atoms with Crippen LogP contribution in [0.2, 0.25) is 0 Å². The zero-order valence-corrected chi connectivity index (χ0v) is 15.3. The van der Waals surface area contributed by atoms with Gasteiger partial charge in [0.05, 0.1) is 0 Å². The molecule has 2 amide bonds. The number of nitrogens with zero attached hydrogens (tertiary/aromatic N) is 4. The second-order valence-electron chi connectivity index (χ2n) is 7.25. The van der Waals surface area contributed by atoms with E-state index in [1.807, 2.05) is 40.1 Å². The first-order valence-corrected chi connectivity index (χ1v) is 9.61. The fourth-order valence-electron chi connectivity index (χ4n) is 3.38. The highest BCUT2D eigenvalue weighted by Crippen LogP contribution is 2.31. The second-order valence-corrected chi connectivity index (χ2v) is 7.25. The third kappa shape index (κ3) is 4.53. The Labute approximate surface area is 158 Å². The number of carbonyl (C=O) groups excluding carboxylic acids is 2. The number of hydrogen-bond donors (Lipinski definition) is 0. The molecular formula is C20H24N4O3. The van der Waals surface area contributed by atoms with E-state index in [1.54, 1.807) is 0 Å². The molecule has 0 spiro atoms. The van der Waals surface area contributed by atoms with E-state index in [0.717, 1.165) is 18.4 Å². The molecule has 1 saturated carbocycles. The van der Waals surface area contributed by atoms with E-state index in [-0.39, 0.29) is 17.7 Å². The summed E-state index contributed by atoms with van der Waals surface area (Å²) in [5.74, 6) is 1.72. The van der Waals surface area contributed by atoms with Gasteiger partial charge in [-0.1, -0.05) is 35.5 Å². The predicted molar refractivity (Wildman–Crippen MR) is 97.8 cm³/mol. The van der Waals surface area contributed by atoms with Gasteiger partial charge in [-0.15, -0.1) is 0 Å². The van der Waals surface area contributed by atoms with Crippen LogP contribution in [0.15, 0.2) is 34.9 Å². The van der Waals surface area contributed by atoms with E-state index in [4.69, 9.17) is 4.52 Å². The minimum Gasteiger partial charge on any atom is -0.339 e. The zero-order valence-electron chi connectivity index (χ0n) is 15.3. The van der Waals surface area contributed by atoms with Gasteiger partial charge in [-0.2, -0.15) is 4.98 Å². The van der Waals surface area contributed by atoms with Crippen molar-refractivity contribution >= 4 is 11.8 Å². The van der Waals surface area contributed by atoms with Gasteiger partial charge in [-0.3, -0.25) is 9.59 Å². The molecule has 4 rings (SSSR count). The number of aryl methyl sites for hydroxylation is 1. The minimum atomic E-state index is 0.0799. The fraction of sp³-hybridized carbons (Fsp3) is 0.500. The maximum Gasteiger partial charge on any atom is 0.227 e. The molecule has 1 aromatic heterocycles. The molecule has 2 aliphatic rings. The summed E-state index contributed by atoms with van der Waals surface area (Å²) < 4.78 is 5.27. The van der Waals surface area contributed by atoms with Crippen molar-refractivity contribution in [2.75, 3.05) is 26.2 Å². The molecule has 7 heteroatoms. The lowest BCUT2D eigenvalue weighted by molar-refractivity contribution is -0.140. The van der Waals surface area contributed by atoms with Gasteiger partial charge in [0, 0.05) is 51.4 Å². The first-order valence-electron chi connectivity index (χ1n) is 9.61. The van der Waals surface area contributed by atoms with Crippen molar-refractivity contribution in [2.24, 2.45) is 5.92 Å². The normalized spacial score (nSPS) is 17.2. The monoisotopic (exact) mass is 368 g/mol. The summed E-state index contributed by atoms with van der Waals surface area (Å²) in [7, 11) is 0. The molecule has 0 radical (unpaired) electrons. The first kappa shape index (κ1) is 17.7. The van der Waals surface area contributed by atoms with E-state index in [9.17, 15) is 9.59 Å². The molecule has 1 saturated heterocycles. The van der Waals surface area contributed by atoms with Gasteiger partial charge in [0.15, 0.2) is 5.82 Å². The quantitative estimate of drug-likeness (QED) is 0.775. The molecule has 0 atom stereocenters. The van der Waals surface area contributed by atoms with Gasteiger partial charge < -0.3 is 14.3 Å². The molecular weight excluding hydrogens is 344 g/mol. The van der Waals surface area contributed by atoms with Gasteiger partial charge in [0.1, 0.15) is 0 Å². The SMILES string of the molecule is O=C(CCc1nc(Cc2ccccc2)no1)N1CCN(C(=O)C2CC2)CC1. The molecule has 1 aliphatic heterocycles. The highest BCUT2D eigenvalue weighted by atomic mass is 16.5. The molecule has 0 N–H and O–H groups in total. The number of benzene rings is 1. The standard InChI is InChI=1S/C20H24N4O3/c25-19(23-10-12-24(13-11-23)20(26)16-6-7-16)9-8-18-21-17(22-27-18)14-15-4-2-1-3-5-15/h1-5,16H,6-14H2. The van der Waals surface area contributed by atoms with Crippen LogP contribution >= 0.6 is 0 Å². The Bertz CT molecular complexity index is 793. The largest absolute Gasteiger partial charge is 0.339 e. The topological polar surface area (TPSA) is 79.5 Å². The molecule has 7 nitrogen and oxygen atoms in total. The number of hydrogen-bond acceptors (Lipinski definition) is 5. The van der Waals surface area contributed by atoms with Crippen molar-refractivity contribution in [2.45, 2.75) is 32.1 Å². The van der Waals surface area contributed by atoms with Crippen LogP contribution in [0.1, 0.15) is 36.5 Å². The first-order chi connectivity index (χ1) is 13.2. The van der Waals surface area contributed by atoms with E-state index in [0.29, 0.717) is 57.2 Å². The average Bonchev–Trinajstić information content (AvgIpc) is 3.47. The van der Waals surface area contributed by atoms with Crippen LogP contribution in [0.5, 0.6) is 0 Å². The lowest BCUT2D eigenvalue weighted by Gasteiger charge is -2.35. The Morgan fingerprint density at radius 2 is 1.74 bits per heavy atom. The van der Waals surface area contributed by atoms with Gasteiger partial charge in [0.2, 0.25) is 17.7 Å². The van der Waals surface area contributed by atoms with E-state index in [2.05, 4.69) is 10.1 Å². The molecule has 0 bridgehead atoms. The molecule has 142 valence electrons. The van der Waals surface area contributed by atoms with Crippen LogP contribution in [0.25, 0.3) is 0 Å². The van der Waals surface area contributed by atoms with Gasteiger partial charge >= 0.3 is 0 Å². The summed E-state index contributed by atoms with van der Waals surface area (Å²) in [6.45, 7) is 2.51. The van der Waals surface area contributed by atoms with Crippen molar-refractivity contribution in [3.8, 4) is 0 Å². The lowest BCUT2D eigenvalue weighted by atomic mass is 10.1. The second kappa shape index (κ2) is 7.90. The van der Waals surface area contributed by atoms with Crippen LogP contribution in [0.3, 0.4) is 0 Å². The smallest absolute Gasteiger partial charge is 0.227 e. The zero-order chi connectivity index (χ0) is 18.6. The average molecular weight is 368 g/mol. The van der Waals surface area contributed by atoms with Crippen LogP contribution in [-0.2, 0) is 22.4 Å². The maximum atomic E-state index is 12.4. The van der Waals surface area contributed by atoms with Gasteiger partial charge in [-0.05, 0) is 18.4 Å². The molecule has 2 fully saturated rings. The highest BCUT2D eigenvalue weighted by Gasteiger charge is 2.35. The molecule has 1 aliphatic carbocycles. The summed E-state index contributed by atoms with van der Waals surface area (Å²) in [6.07, 6.45) is 3.46. The summed E-state index contributed by atoms with van der Waals surface area (Å²) in [6, 6.07) is 9.97. The Morgan fingerprint density at radius 1 is 1.04 bits per heavy atom. The van der Waals surface area contributed by atoms with Crippen molar-refractivity contribution in [1.82, 2.24) is 19.9 Å². The van der Waals surface area contributed by atoms with Gasteiger partial charge in [0.25, 0.3) is 0 Å². The van der Waals surface area contributed by atoms with Crippen LogP contribution in [0, 0.1) is 5.92 Å². The Hall–Kier alpha value is -2.70. The van der Waals surface area contributed by atoms with Crippen molar-refractivity contribution < 1.29 is 14.1 Å². The minimum absolute atomic E-state index is 0.0799. The van der Waals surface area contributed by atoms with Crippen molar-refractivity contribution in [3.05, 3.63) is 47.6 Å². The third-order valence-electron chi connectivity index (χ3n) is 5.14. The number of piperazine rings is 1. The number of amides is 2. The van der Waals surface area contributed by atoms with Gasteiger partial charge in [-0.25, -0.2) is 0 Å². The molecule has 2 heterocycles. The number of carbonyl (C=O) groups is 2. The number of aromatic nitrogens is 2. The van der Waals surface area contributed by atoms with E-state index in [1.165, 1.54) is 0 Å². The fourth-order valence-corrected chi connectivity index (χ4v) is 3.38. The maximum absolute atomic E-state index is 12.4. The molecule has 27 heavy (non-hydrogen) atoms. The van der Waals surface area contributed by atoms with E-state index >= 15 is 0 Å². The molecule has 1 aromatic carbocycles. The number of rotatable bonds is 6. The summed E-state index contributed by atoms with van der Waals surface area (Å²) in [5, 5.41) is 4.00.